The van der Waals surface area contributed by atoms with Crippen LogP contribution in [0.4, 0.5) is 5.95 Å². The molecule has 2 aromatic rings. The molecule has 6 heteroatoms. The van der Waals surface area contributed by atoms with Gasteiger partial charge in [0.15, 0.2) is 0 Å². The molecule has 6 nitrogen and oxygen atoms in total. The number of amides is 1. The Labute approximate surface area is 160 Å². The summed E-state index contributed by atoms with van der Waals surface area (Å²) in [5.74, 6) is 1.01. The maximum atomic E-state index is 12.7. The fourth-order valence-electron chi connectivity index (χ4n) is 4.19. The first-order valence-electron chi connectivity index (χ1n) is 9.80. The van der Waals surface area contributed by atoms with Gasteiger partial charge in [-0.05, 0) is 37.1 Å². The predicted octanol–water partition coefficient (Wildman–Crippen LogP) is 2.13. The van der Waals surface area contributed by atoms with Crippen LogP contribution in [0.2, 0.25) is 0 Å². The molecule has 1 amide bonds. The van der Waals surface area contributed by atoms with Gasteiger partial charge in [-0.25, -0.2) is 9.97 Å². The number of fused-ring (bicyclic) bond motifs is 1. The zero-order chi connectivity index (χ0) is 18.6. The third-order valence-corrected chi connectivity index (χ3v) is 5.78. The summed E-state index contributed by atoms with van der Waals surface area (Å²) in [5, 5.41) is 0. The van der Waals surface area contributed by atoms with Gasteiger partial charge in [0.05, 0.1) is 0 Å². The third-order valence-electron chi connectivity index (χ3n) is 5.78. The Morgan fingerprint density at radius 2 is 1.85 bits per heavy atom. The van der Waals surface area contributed by atoms with E-state index < -0.39 is 0 Å². The van der Waals surface area contributed by atoms with Crippen molar-refractivity contribution in [1.82, 2.24) is 19.8 Å². The van der Waals surface area contributed by atoms with Crippen molar-refractivity contribution in [1.29, 1.82) is 0 Å². The van der Waals surface area contributed by atoms with E-state index in [9.17, 15) is 4.79 Å². The van der Waals surface area contributed by atoms with Crippen molar-refractivity contribution >= 4 is 11.9 Å². The van der Waals surface area contributed by atoms with E-state index in [1.807, 2.05) is 11.0 Å². The lowest BCUT2D eigenvalue weighted by Crippen LogP contribution is -2.49. The van der Waals surface area contributed by atoms with E-state index in [0.29, 0.717) is 12.5 Å². The van der Waals surface area contributed by atoms with Crippen molar-refractivity contribution < 1.29 is 4.79 Å². The maximum Gasteiger partial charge on any atom is 0.225 e. The minimum atomic E-state index is 0.252. The Kier molecular flexibility index (Phi) is 5.34. The third kappa shape index (κ3) is 3.95. The summed E-state index contributed by atoms with van der Waals surface area (Å²) in [6, 6.07) is 11.0. The highest BCUT2D eigenvalue weighted by Gasteiger charge is 2.27. The van der Waals surface area contributed by atoms with Crippen LogP contribution in [0.25, 0.3) is 0 Å². The normalized spacial score (nSPS) is 19.4. The fraction of sp³-hybridized carbons (Fsp3) is 0.476. The minimum absolute atomic E-state index is 0.252. The van der Waals surface area contributed by atoms with Gasteiger partial charge < -0.3 is 9.80 Å². The van der Waals surface area contributed by atoms with E-state index in [2.05, 4.69) is 51.1 Å². The average molecular weight is 365 g/mol. The molecular formula is C21H27N5O. The number of nitrogens with zero attached hydrogens (tertiary/aromatic N) is 5. The molecule has 0 bridgehead atoms. The Hall–Kier alpha value is -2.47. The van der Waals surface area contributed by atoms with E-state index in [-0.39, 0.29) is 5.91 Å². The number of aryl methyl sites for hydroxylation is 1. The molecule has 1 atom stereocenters. The summed E-state index contributed by atoms with van der Waals surface area (Å²) in [6.07, 6.45) is 6.40. The second-order valence-corrected chi connectivity index (χ2v) is 7.40. The number of rotatable bonds is 5. The van der Waals surface area contributed by atoms with E-state index in [1.165, 1.54) is 11.1 Å². The summed E-state index contributed by atoms with van der Waals surface area (Å²) in [5.41, 5.74) is 2.89. The summed E-state index contributed by atoms with van der Waals surface area (Å²) < 4.78 is 0. The molecule has 2 aliphatic rings. The second kappa shape index (κ2) is 8.05. The number of piperazine rings is 1. The van der Waals surface area contributed by atoms with Crippen LogP contribution in [-0.2, 0) is 11.2 Å². The first kappa shape index (κ1) is 17.9. The lowest BCUT2D eigenvalue weighted by atomic mass is 10.1. The molecular weight excluding hydrogens is 338 g/mol. The predicted molar refractivity (Wildman–Crippen MR) is 106 cm³/mol. The van der Waals surface area contributed by atoms with Crippen molar-refractivity contribution in [2.45, 2.75) is 25.3 Å². The highest BCUT2D eigenvalue weighted by atomic mass is 16.2. The number of aromatic nitrogens is 2. The highest BCUT2D eigenvalue weighted by Crippen LogP contribution is 2.34. The number of hydrogen-bond acceptors (Lipinski definition) is 5. The lowest BCUT2D eigenvalue weighted by molar-refractivity contribution is -0.131. The number of anilines is 1. The van der Waals surface area contributed by atoms with Crippen molar-refractivity contribution in [2.24, 2.45) is 0 Å². The number of carbonyl (C=O) groups is 1. The number of hydrogen-bond donors (Lipinski definition) is 0. The molecule has 4 rings (SSSR count). The first-order valence-corrected chi connectivity index (χ1v) is 9.80. The molecule has 1 aliphatic carbocycles. The number of benzene rings is 1. The van der Waals surface area contributed by atoms with Gasteiger partial charge in [0, 0.05) is 57.6 Å². The van der Waals surface area contributed by atoms with Gasteiger partial charge in [0.2, 0.25) is 11.9 Å². The van der Waals surface area contributed by atoms with Crippen LogP contribution < -0.4 is 4.90 Å². The second-order valence-electron chi connectivity index (χ2n) is 7.40. The van der Waals surface area contributed by atoms with E-state index in [1.54, 1.807) is 12.4 Å². The van der Waals surface area contributed by atoms with Crippen LogP contribution in [0.1, 0.15) is 30.0 Å². The van der Waals surface area contributed by atoms with Crippen molar-refractivity contribution in [3.05, 3.63) is 53.9 Å². The zero-order valence-electron chi connectivity index (χ0n) is 15.9. The molecule has 0 N–H and O–H groups in total. The van der Waals surface area contributed by atoms with Gasteiger partial charge >= 0.3 is 0 Å². The Morgan fingerprint density at radius 1 is 1.11 bits per heavy atom. The molecule has 0 unspecified atom stereocenters. The van der Waals surface area contributed by atoms with E-state index in [4.69, 9.17) is 0 Å². The van der Waals surface area contributed by atoms with Gasteiger partial charge in [0.1, 0.15) is 0 Å². The van der Waals surface area contributed by atoms with E-state index >= 15 is 0 Å². The molecule has 0 spiro atoms. The average Bonchev–Trinajstić information content (AvgIpc) is 3.17. The molecule has 2 heterocycles. The van der Waals surface area contributed by atoms with E-state index in [0.717, 1.165) is 51.5 Å². The molecule has 0 radical (unpaired) electrons. The van der Waals surface area contributed by atoms with Crippen molar-refractivity contribution in [3.63, 3.8) is 0 Å². The Balaban J connectivity index is 1.26. The molecule has 1 aromatic carbocycles. The van der Waals surface area contributed by atoms with Gasteiger partial charge in [-0.15, -0.1) is 0 Å². The SMILES string of the molecule is CN(CCC(=O)N1CCN(c2ncccn2)CC1)[C@@H]1CCc2ccccc21. The fourth-order valence-corrected chi connectivity index (χ4v) is 4.19. The summed E-state index contributed by atoms with van der Waals surface area (Å²) in [6.45, 7) is 3.88. The molecule has 1 aliphatic heterocycles. The Morgan fingerprint density at radius 3 is 2.63 bits per heavy atom. The Bertz CT molecular complexity index is 773. The minimum Gasteiger partial charge on any atom is -0.339 e. The van der Waals surface area contributed by atoms with Crippen molar-refractivity contribution in [3.8, 4) is 0 Å². The molecule has 1 fully saturated rings. The quantitative estimate of drug-likeness (QED) is 0.813. The highest BCUT2D eigenvalue weighted by molar-refractivity contribution is 5.76. The van der Waals surface area contributed by atoms with Crippen LogP contribution in [0, 0.1) is 0 Å². The van der Waals surface area contributed by atoms with Crippen LogP contribution in [0.15, 0.2) is 42.7 Å². The molecule has 142 valence electrons. The standard InChI is InChI=1S/C21H27N5O/c1-24(19-8-7-17-5-2-3-6-18(17)19)12-9-20(27)25-13-15-26(16-14-25)21-22-10-4-11-23-21/h2-6,10-11,19H,7-9,12-16H2,1H3/t19-/m1/s1. The van der Waals surface area contributed by atoms with Gasteiger partial charge in [-0.3, -0.25) is 9.69 Å². The van der Waals surface area contributed by atoms with Crippen LogP contribution in [0.3, 0.4) is 0 Å². The van der Waals surface area contributed by atoms with Gasteiger partial charge in [0.25, 0.3) is 0 Å². The molecule has 0 saturated carbocycles. The summed E-state index contributed by atoms with van der Waals surface area (Å²) in [4.78, 5) is 27.7. The monoisotopic (exact) mass is 365 g/mol. The smallest absolute Gasteiger partial charge is 0.225 e. The molecule has 27 heavy (non-hydrogen) atoms. The molecule has 1 aromatic heterocycles. The summed E-state index contributed by atoms with van der Waals surface area (Å²) in [7, 11) is 2.14. The first-order chi connectivity index (χ1) is 13.2. The zero-order valence-corrected chi connectivity index (χ0v) is 15.9. The van der Waals surface area contributed by atoms with Gasteiger partial charge in [-0.2, -0.15) is 0 Å². The summed E-state index contributed by atoms with van der Waals surface area (Å²) >= 11 is 0. The lowest BCUT2D eigenvalue weighted by Gasteiger charge is -2.35. The molecule has 1 saturated heterocycles. The van der Waals surface area contributed by atoms with Crippen molar-refractivity contribution in [2.75, 3.05) is 44.7 Å². The number of carbonyl (C=O) groups excluding carboxylic acids is 1. The van der Waals surface area contributed by atoms with Crippen LogP contribution in [0.5, 0.6) is 0 Å². The topological polar surface area (TPSA) is 52.6 Å². The van der Waals surface area contributed by atoms with Crippen LogP contribution in [-0.4, -0.2) is 65.4 Å². The van der Waals surface area contributed by atoms with Gasteiger partial charge in [-0.1, -0.05) is 24.3 Å². The van der Waals surface area contributed by atoms with Crippen LogP contribution >= 0.6 is 0 Å². The largest absolute Gasteiger partial charge is 0.339 e. The maximum absolute atomic E-state index is 12.7.